The summed E-state index contributed by atoms with van der Waals surface area (Å²) < 4.78 is 1.84. The lowest BCUT2D eigenvalue weighted by atomic mass is 10.6. The van der Waals surface area contributed by atoms with Gasteiger partial charge in [0.2, 0.25) is 0 Å². The molecule has 0 saturated heterocycles. The molecule has 0 spiro atoms. The third-order valence-electron chi connectivity index (χ3n) is 1.86. The fourth-order valence-corrected chi connectivity index (χ4v) is 1.17. The second-order valence-corrected chi connectivity index (χ2v) is 3.09. The van der Waals surface area contributed by atoms with Gasteiger partial charge in [0.1, 0.15) is 0 Å². The smallest absolute Gasteiger partial charge is 0.192 e. The van der Waals surface area contributed by atoms with Crippen molar-refractivity contribution in [3.63, 3.8) is 0 Å². The first-order chi connectivity index (χ1) is 7.86. The van der Waals surface area contributed by atoms with Crippen LogP contribution in [0.3, 0.4) is 0 Å². The molecule has 0 saturated carbocycles. The van der Waals surface area contributed by atoms with E-state index in [2.05, 4.69) is 26.6 Å². The van der Waals surface area contributed by atoms with Gasteiger partial charge in [0.15, 0.2) is 5.96 Å². The highest BCUT2D eigenvalue weighted by molar-refractivity contribution is 14.0. The maximum absolute atomic E-state index is 5.17. The number of aromatic nitrogens is 2. The van der Waals surface area contributed by atoms with Gasteiger partial charge in [0.05, 0.1) is 19.6 Å². The third kappa shape index (κ3) is 6.84. The second-order valence-electron chi connectivity index (χ2n) is 3.09. The normalized spacial score (nSPS) is 10.2. The summed E-state index contributed by atoms with van der Waals surface area (Å²) in [6.07, 6.45) is 8.84. The molecule has 0 fully saturated rings. The van der Waals surface area contributed by atoms with Gasteiger partial charge in [0, 0.05) is 18.9 Å². The average molecular weight is 347 g/mol. The molecular weight excluding hydrogens is 329 g/mol. The van der Waals surface area contributed by atoms with Crippen LogP contribution in [0.1, 0.15) is 6.92 Å². The molecule has 0 aliphatic rings. The molecule has 0 radical (unpaired) electrons. The molecule has 1 rings (SSSR count). The maximum atomic E-state index is 5.17. The van der Waals surface area contributed by atoms with Crippen molar-refractivity contribution in [1.82, 2.24) is 20.4 Å². The zero-order valence-corrected chi connectivity index (χ0v) is 12.2. The van der Waals surface area contributed by atoms with Gasteiger partial charge in [-0.15, -0.1) is 30.4 Å². The summed E-state index contributed by atoms with van der Waals surface area (Å²) in [6.45, 7) is 4.74. The Labute approximate surface area is 119 Å². The molecule has 94 valence electrons. The van der Waals surface area contributed by atoms with Crippen LogP contribution < -0.4 is 10.6 Å². The zero-order valence-electron chi connectivity index (χ0n) is 9.89. The van der Waals surface area contributed by atoms with E-state index in [9.17, 15) is 0 Å². The predicted molar refractivity (Wildman–Crippen MR) is 80.5 cm³/mol. The molecule has 1 aromatic heterocycles. The lowest BCUT2D eigenvalue weighted by Gasteiger charge is -2.08. The first-order valence-corrected chi connectivity index (χ1v) is 5.30. The number of nitrogens with one attached hydrogen (secondary N) is 2. The van der Waals surface area contributed by atoms with Crippen LogP contribution >= 0.6 is 24.0 Å². The van der Waals surface area contributed by atoms with E-state index in [1.54, 1.807) is 6.20 Å². The van der Waals surface area contributed by atoms with Gasteiger partial charge >= 0.3 is 0 Å². The summed E-state index contributed by atoms with van der Waals surface area (Å²) >= 11 is 0. The van der Waals surface area contributed by atoms with E-state index < -0.39 is 0 Å². The molecule has 1 aromatic rings. The van der Waals surface area contributed by atoms with Crippen LogP contribution in [0.2, 0.25) is 0 Å². The summed E-state index contributed by atoms with van der Waals surface area (Å²) in [7, 11) is 0. The highest BCUT2D eigenvalue weighted by Gasteiger charge is 1.94. The van der Waals surface area contributed by atoms with Crippen molar-refractivity contribution in [2.75, 3.05) is 19.6 Å². The predicted octanol–water partition coefficient (Wildman–Crippen LogP) is 0.689. The first-order valence-electron chi connectivity index (χ1n) is 5.30. The molecule has 0 aliphatic carbocycles. The van der Waals surface area contributed by atoms with E-state index in [1.807, 2.05) is 23.9 Å². The zero-order chi connectivity index (χ0) is 11.6. The van der Waals surface area contributed by atoms with Crippen LogP contribution in [0.15, 0.2) is 23.5 Å². The molecule has 5 nitrogen and oxygen atoms in total. The highest BCUT2D eigenvalue weighted by Crippen LogP contribution is 1.84. The summed E-state index contributed by atoms with van der Waals surface area (Å²) in [6, 6.07) is 1.89. The molecule has 0 aliphatic heterocycles. The van der Waals surface area contributed by atoms with Crippen LogP contribution in [-0.4, -0.2) is 35.4 Å². The number of nitrogens with zero attached hydrogens (tertiary/aromatic N) is 3. The molecule has 0 amide bonds. The van der Waals surface area contributed by atoms with Crippen molar-refractivity contribution < 1.29 is 0 Å². The molecule has 0 bridgehead atoms. The SMILES string of the molecule is C#CCNC(=NCCn1cccn1)NCC.I. The lowest BCUT2D eigenvalue weighted by Crippen LogP contribution is -2.37. The van der Waals surface area contributed by atoms with Gasteiger partial charge in [-0.1, -0.05) is 5.92 Å². The Kier molecular flexibility index (Phi) is 9.24. The number of aliphatic imine (C=N–C) groups is 1. The molecule has 0 aromatic carbocycles. The van der Waals surface area contributed by atoms with Gasteiger partial charge in [-0.2, -0.15) is 5.10 Å². The largest absolute Gasteiger partial charge is 0.357 e. The van der Waals surface area contributed by atoms with Crippen molar-refractivity contribution in [1.29, 1.82) is 0 Å². The monoisotopic (exact) mass is 347 g/mol. The number of hydrogen-bond donors (Lipinski definition) is 2. The molecule has 2 N–H and O–H groups in total. The number of halogens is 1. The van der Waals surface area contributed by atoms with E-state index in [1.165, 1.54) is 0 Å². The number of terminal acetylenes is 1. The van der Waals surface area contributed by atoms with Crippen LogP contribution in [0.25, 0.3) is 0 Å². The van der Waals surface area contributed by atoms with Gasteiger partial charge < -0.3 is 10.6 Å². The van der Waals surface area contributed by atoms with Crippen LogP contribution in [0.5, 0.6) is 0 Å². The van der Waals surface area contributed by atoms with E-state index in [0.29, 0.717) is 13.1 Å². The molecule has 6 heteroatoms. The molecule has 17 heavy (non-hydrogen) atoms. The maximum Gasteiger partial charge on any atom is 0.192 e. The molecule has 0 unspecified atom stereocenters. The minimum absolute atomic E-state index is 0. The van der Waals surface area contributed by atoms with E-state index in [0.717, 1.165) is 19.0 Å². The molecule has 0 atom stereocenters. The van der Waals surface area contributed by atoms with Crippen molar-refractivity contribution in [2.45, 2.75) is 13.5 Å². The van der Waals surface area contributed by atoms with E-state index in [4.69, 9.17) is 6.42 Å². The van der Waals surface area contributed by atoms with Crippen molar-refractivity contribution >= 4 is 29.9 Å². The Bertz CT molecular complexity index is 352. The van der Waals surface area contributed by atoms with Crippen LogP contribution in [0, 0.1) is 12.3 Å². The second kappa shape index (κ2) is 9.96. The summed E-state index contributed by atoms with van der Waals surface area (Å²) in [5, 5.41) is 10.2. The van der Waals surface area contributed by atoms with Crippen molar-refractivity contribution in [3.05, 3.63) is 18.5 Å². The van der Waals surface area contributed by atoms with Crippen molar-refractivity contribution in [2.24, 2.45) is 4.99 Å². The Morgan fingerprint density at radius 1 is 1.53 bits per heavy atom. The van der Waals surface area contributed by atoms with Crippen molar-refractivity contribution in [3.8, 4) is 12.3 Å². The molecular formula is C11H18IN5. The number of rotatable bonds is 5. The van der Waals surface area contributed by atoms with E-state index in [-0.39, 0.29) is 24.0 Å². The average Bonchev–Trinajstić information content (AvgIpc) is 2.79. The van der Waals surface area contributed by atoms with Gasteiger partial charge in [0.25, 0.3) is 0 Å². The van der Waals surface area contributed by atoms with Gasteiger partial charge in [-0.25, -0.2) is 0 Å². The highest BCUT2D eigenvalue weighted by atomic mass is 127. The fraction of sp³-hybridized carbons (Fsp3) is 0.455. The summed E-state index contributed by atoms with van der Waals surface area (Å²) in [4.78, 5) is 4.36. The van der Waals surface area contributed by atoms with Gasteiger partial charge in [-0.05, 0) is 13.0 Å². The van der Waals surface area contributed by atoms with Gasteiger partial charge in [-0.3, -0.25) is 9.67 Å². The minimum atomic E-state index is 0. The Morgan fingerprint density at radius 2 is 2.35 bits per heavy atom. The summed E-state index contributed by atoms with van der Waals surface area (Å²) in [5.41, 5.74) is 0. The Balaban J connectivity index is 0.00000256. The molecule has 1 heterocycles. The lowest BCUT2D eigenvalue weighted by molar-refractivity contribution is 0.623. The Morgan fingerprint density at radius 3 is 2.94 bits per heavy atom. The number of hydrogen-bond acceptors (Lipinski definition) is 2. The third-order valence-corrected chi connectivity index (χ3v) is 1.86. The van der Waals surface area contributed by atoms with Crippen LogP contribution in [0.4, 0.5) is 0 Å². The summed E-state index contributed by atoms with van der Waals surface area (Å²) in [5.74, 6) is 3.25. The minimum Gasteiger partial charge on any atom is -0.357 e. The quantitative estimate of drug-likeness (QED) is 0.357. The Hall–Kier alpha value is -1.23. The number of guanidine groups is 1. The first kappa shape index (κ1) is 15.8. The van der Waals surface area contributed by atoms with Crippen LogP contribution in [-0.2, 0) is 6.54 Å². The van der Waals surface area contributed by atoms with E-state index >= 15 is 0 Å². The topological polar surface area (TPSA) is 54.2 Å². The fourth-order valence-electron chi connectivity index (χ4n) is 1.17. The standard InChI is InChI=1S/C11H17N5.HI/c1-3-6-13-11(12-4-2)14-8-10-16-9-5-7-15-16;/h1,5,7,9H,4,6,8,10H2,2H3,(H2,12,13,14);1H.